The number of alkyl carbamates (subject to hydrolysis) is 1. The summed E-state index contributed by atoms with van der Waals surface area (Å²) in [5.74, 6) is 2.82. The van der Waals surface area contributed by atoms with Crippen molar-refractivity contribution in [2.75, 3.05) is 20.3 Å². The SMILES string of the molecule is CNC(=O)O[C@H]1[C@@H]2O[C@@H]2[C@]2(C)[C@H]3CC[C@]4(C)[C@@H](C(C)C5OCCO5)CC[C@H]4[C@@H]3C=C[C@]23O[C@H]13. The molecule has 3 saturated carbocycles. The van der Waals surface area contributed by atoms with Crippen molar-refractivity contribution in [2.45, 2.75) is 82.8 Å². The minimum atomic E-state index is -0.407. The van der Waals surface area contributed by atoms with Crippen LogP contribution >= 0.6 is 0 Å². The second kappa shape index (κ2) is 6.74. The predicted molar refractivity (Wildman–Crippen MR) is 118 cm³/mol. The molecule has 7 aliphatic rings. The van der Waals surface area contributed by atoms with Gasteiger partial charge in [0.2, 0.25) is 0 Å². The molecule has 3 aliphatic heterocycles. The molecule has 7 nitrogen and oxygen atoms in total. The largest absolute Gasteiger partial charge is 0.440 e. The summed E-state index contributed by atoms with van der Waals surface area (Å²) in [6.07, 6.45) is 8.97. The fourth-order valence-corrected chi connectivity index (χ4v) is 9.49. The van der Waals surface area contributed by atoms with E-state index in [-0.39, 0.29) is 41.7 Å². The molecule has 4 aliphatic carbocycles. The molecule has 33 heavy (non-hydrogen) atoms. The zero-order chi connectivity index (χ0) is 22.8. The van der Waals surface area contributed by atoms with Crippen molar-refractivity contribution in [3.05, 3.63) is 12.2 Å². The molecule has 0 aromatic heterocycles. The van der Waals surface area contributed by atoms with Crippen molar-refractivity contribution in [3.8, 4) is 0 Å². The molecule has 182 valence electrons. The minimum Gasteiger partial charge on any atom is -0.440 e. The van der Waals surface area contributed by atoms with Crippen LogP contribution < -0.4 is 5.32 Å². The lowest BCUT2D eigenvalue weighted by atomic mass is 9.46. The molecular formula is C26H37NO6. The average Bonchev–Trinajstić information content (AvgIpc) is 3.65. The Morgan fingerprint density at radius 3 is 2.67 bits per heavy atom. The first-order valence-electron chi connectivity index (χ1n) is 13.0. The van der Waals surface area contributed by atoms with Gasteiger partial charge < -0.3 is 29.0 Å². The van der Waals surface area contributed by atoms with Crippen LogP contribution in [0, 0.1) is 40.4 Å². The van der Waals surface area contributed by atoms with Crippen LogP contribution in [0.1, 0.15) is 46.5 Å². The highest BCUT2D eigenvalue weighted by molar-refractivity contribution is 5.67. The summed E-state index contributed by atoms with van der Waals surface area (Å²) in [4.78, 5) is 11.9. The predicted octanol–water partition coefficient (Wildman–Crippen LogP) is 3.27. The Labute approximate surface area is 195 Å². The zero-order valence-electron chi connectivity index (χ0n) is 20.1. The van der Waals surface area contributed by atoms with E-state index in [1.807, 2.05) is 0 Å². The highest BCUT2D eigenvalue weighted by Gasteiger charge is 2.85. The van der Waals surface area contributed by atoms with Crippen molar-refractivity contribution >= 4 is 6.09 Å². The van der Waals surface area contributed by atoms with Gasteiger partial charge in [-0.3, -0.25) is 0 Å². The Morgan fingerprint density at radius 2 is 1.91 bits per heavy atom. The van der Waals surface area contributed by atoms with Gasteiger partial charge in [0.15, 0.2) is 12.4 Å². The molecule has 1 N–H and O–H groups in total. The van der Waals surface area contributed by atoms with Crippen LogP contribution in [-0.2, 0) is 23.7 Å². The number of nitrogens with one attached hydrogen (secondary N) is 1. The first-order valence-corrected chi connectivity index (χ1v) is 13.0. The van der Waals surface area contributed by atoms with Crippen molar-refractivity contribution in [3.63, 3.8) is 0 Å². The van der Waals surface area contributed by atoms with Crippen LogP contribution in [0.25, 0.3) is 0 Å². The van der Waals surface area contributed by atoms with E-state index < -0.39 is 6.09 Å². The molecule has 12 atom stereocenters. The topological polar surface area (TPSA) is 81.9 Å². The summed E-state index contributed by atoms with van der Waals surface area (Å²) < 4.78 is 30.2. The number of allylic oxidation sites excluding steroid dienone is 1. The first kappa shape index (κ1) is 21.2. The van der Waals surface area contributed by atoms with E-state index >= 15 is 0 Å². The lowest BCUT2D eigenvalue weighted by molar-refractivity contribution is -0.124. The van der Waals surface area contributed by atoms with Gasteiger partial charge in [-0.15, -0.1) is 0 Å². The maximum Gasteiger partial charge on any atom is 0.407 e. The molecule has 3 heterocycles. The third-order valence-electron chi connectivity index (χ3n) is 11.2. The van der Waals surface area contributed by atoms with E-state index in [9.17, 15) is 4.79 Å². The Balaban J connectivity index is 1.17. The molecule has 0 bridgehead atoms. The lowest BCUT2D eigenvalue weighted by Crippen LogP contribution is -2.60. The van der Waals surface area contributed by atoms with E-state index in [0.717, 1.165) is 13.2 Å². The highest BCUT2D eigenvalue weighted by atomic mass is 16.7. The molecule has 0 aromatic rings. The van der Waals surface area contributed by atoms with Crippen LogP contribution in [-0.4, -0.2) is 62.7 Å². The van der Waals surface area contributed by atoms with Gasteiger partial charge in [-0.2, -0.15) is 0 Å². The van der Waals surface area contributed by atoms with Gasteiger partial charge in [0.05, 0.1) is 19.3 Å². The number of carbonyl (C=O) groups is 1. The van der Waals surface area contributed by atoms with Crippen molar-refractivity contribution in [1.82, 2.24) is 5.32 Å². The standard InChI is InChI=1S/C26H37NO6/c1-13(22-29-11-12-30-22)15-5-6-16-14-7-10-26-21(33-26)19(32-23(28)27-4)18-20(31-18)25(26,3)17(14)8-9-24(15,16)2/h7,10,13-22H,5-6,8-9,11-12H2,1-4H3,(H,27,28)/t13?,14-,15+,16-,17-,18-,19-,20-,21+,24+,25-,26+/m0/s1. The van der Waals surface area contributed by atoms with E-state index in [1.54, 1.807) is 7.05 Å². The van der Waals surface area contributed by atoms with Gasteiger partial charge in [0, 0.05) is 18.4 Å². The smallest absolute Gasteiger partial charge is 0.407 e. The monoisotopic (exact) mass is 459 g/mol. The van der Waals surface area contributed by atoms with Crippen LogP contribution in [0.4, 0.5) is 4.79 Å². The number of hydrogen-bond donors (Lipinski definition) is 1. The Morgan fingerprint density at radius 1 is 1.12 bits per heavy atom. The number of hydrogen-bond acceptors (Lipinski definition) is 6. The second-order valence-electron chi connectivity index (χ2n) is 12.1. The average molecular weight is 460 g/mol. The summed E-state index contributed by atoms with van der Waals surface area (Å²) in [5, 5.41) is 2.57. The van der Waals surface area contributed by atoms with E-state index in [2.05, 4.69) is 38.2 Å². The Hall–Kier alpha value is -1.15. The molecule has 7 heteroatoms. The van der Waals surface area contributed by atoms with Crippen molar-refractivity contribution in [2.24, 2.45) is 40.4 Å². The van der Waals surface area contributed by atoms with E-state index in [1.165, 1.54) is 25.7 Å². The van der Waals surface area contributed by atoms with E-state index in [4.69, 9.17) is 23.7 Å². The van der Waals surface area contributed by atoms with Crippen molar-refractivity contribution < 1.29 is 28.5 Å². The number of fused-ring (bicyclic) bond motifs is 6. The van der Waals surface area contributed by atoms with Crippen LogP contribution in [0.2, 0.25) is 0 Å². The number of epoxide rings is 2. The van der Waals surface area contributed by atoms with Crippen LogP contribution in [0.15, 0.2) is 12.2 Å². The second-order valence-corrected chi connectivity index (χ2v) is 12.1. The molecule has 1 unspecified atom stereocenters. The normalized spacial score (nSPS) is 56.6. The molecule has 0 aromatic carbocycles. The third kappa shape index (κ3) is 2.52. The quantitative estimate of drug-likeness (QED) is 0.515. The molecule has 0 radical (unpaired) electrons. The summed E-state index contributed by atoms with van der Waals surface area (Å²) >= 11 is 0. The number of carbonyl (C=O) groups excluding carboxylic acids is 1. The fraction of sp³-hybridized carbons (Fsp3) is 0.885. The number of ether oxygens (including phenoxy) is 5. The van der Waals surface area contributed by atoms with Gasteiger partial charge >= 0.3 is 6.09 Å². The Kier molecular flexibility index (Phi) is 4.32. The first-order chi connectivity index (χ1) is 15.8. The summed E-state index contributed by atoms with van der Waals surface area (Å²) in [7, 11) is 1.59. The van der Waals surface area contributed by atoms with Crippen LogP contribution in [0.5, 0.6) is 0 Å². The van der Waals surface area contributed by atoms with Gasteiger partial charge in [0.25, 0.3) is 0 Å². The van der Waals surface area contributed by atoms with Crippen molar-refractivity contribution in [1.29, 1.82) is 0 Å². The van der Waals surface area contributed by atoms with Crippen LogP contribution in [0.3, 0.4) is 0 Å². The van der Waals surface area contributed by atoms with Gasteiger partial charge in [-0.1, -0.05) is 32.9 Å². The number of rotatable bonds is 3. The van der Waals surface area contributed by atoms with Gasteiger partial charge in [-0.05, 0) is 54.8 Å². The van der Waals surface area contributed by atoms with E-state index in [0.29, 0.717) is 35.0 Å². The third-order valence-corrected chi connectivity index (χ3v) is 11.2. The number of amides is 1. The minimum absolute atomic E-state index is 0.0390. The zero-order valence-corrected chi connectivity index (χ0v) is 20.1. The maximum atomic E-state index is 11.9. The van der Waals surface area contributed by atoms with Gasteiger partial charge in [0.1, 0.15) is 17.8 Å². The molecule has 1 amide bonds. The maximum absolute atomic E-state index is 11.9. The lowest BCUT2D eigenvalue weighted by Gasteiger charge is -2.57. The fourth-order valence-electron chi connectivity index (χ4n) is 9.49. The molecule has 6 fully saturated rings. The molecule has 1 spiro atoms. The molecular weight excluding hydrogens is 422 g/mol. The Bertz CT molecular complexity index is 888. The summed E-state index contributed by atoms with van der Waals surface area (Å²) in [6.45, 7) is 8.73. The van der Waals surface area contributed by atoms with Gasteiger partial charge in [-0.25, -0.2) is 4.79 Å². The summed E-state index contributed by atoms with van der Waals surface area (Å²) in [5.41, 5.74) is -0.101. The molecule has 7 rings (SSSR count). The molecule has 3 saturated heterocycles. The summed E-state index contributed by atoms with van der Waals surface area (Å²) in [6, 6.07) is 0. The highest BCUT2D eigenvalue weighted by Crippen LogP contribution is 2.75.